The molecule has 4 nitrogen and oxygen atoms in total. The number of hydrogen-bond acceptors (Lipinski definition) is 2. The number of nitrogens with zero attached hydrogens (tertiary/aromatic N) is 2. The van der Waals surface area contributed by atoms with Gasteiger partial charge in [-0.05, 0) is 17.9 Å². The number of halogens is 1. The number of hydrogen-bond donors (Lipinski definition) is 1. The van der Waals surface area contributed by atoms with Crippen LogP contribution in [0.15, 0.2) is 29.3 Å². The van der Waals surface area contributed by atoms with Gasteiger partial charge in [0.15, 0.2) is 5.96 Å². The predicted molar refractivity (Wildman–Crippen MR) is 105 cm³/mol. The molecular formula is C17H30IN3O. The van der Waals surface area contributed by atoms with E-state index in [9.17, 15) is 0 Å². The number of nitrogens with one attached hydrogen (secondary N) is 1. The Morgan fingerprint density at radius 2 is 1.91 bits per heavy atom. The van der Waals surface area contributed by atoms with Crippen LogP contribution >= 0.6 is 24.0 Å². The first-order chi connectivity index (χ1) is 9.87. The van der Waals surface area contributed by atoms with Crippen molar-refractivity contribution in [2.24, 2.45) is 10.4 Å². The highest BCUT2D eigenvalue weighted by Gasteiger charge is 2.12. The summed E-state index contributed by atoms with van der Waals surface area (Å²) in [6, 6.07) is 8.08. The molecule has 1 N–H and O–H groups in total. The number of guanidine groups is 1. The molecular weight excluding hydrogens is 389 g/mol. The topological polar surface area (TPSA) is 36.9 Å². The minimum absolute atomic E-state index is 0. The first kappa shape index (κ1) is 21.0. The van der Waals surface area contributed by atoms with Crippen LogP contribution in [0.1, 0.15) is 32.8 Å². The number of aliphatic imine (C=N–C) groups is 1. The van der Waals surface area contributed by atoms with E-state index in [4.69, 9.17) is 4.74 Å². The summed E-state index contributed by atoms with van der Waals surface area (Å²) in [7, 11) is 5.56. The monoisotopic (exact) mass is 419 g/mol. The van der Waals surface area contributed by atoms with Crippen LogP contribution in [0.4, 0.5) is 0 Å². The molecule has 22 heavy (non-hydrogen) atoms. The summed E-state index contributed by atoms with van der Waals surface area (Å²) in [5.41, 5.74) is 1.48. The number of rotatable bonds is 5. The van der Waals surface area contributed by atoms with Crippen molar-refractivity contribution in [1.29, 1.82) is 0 Å². The Bertz CT molecular complexity index is 469. The van der Waals surface area contributed by atoms with E-state index in [0.717, 1.165) is 36.8 Å². The van der Waals surface area contributed by atoms with Crippen molar-refractivity contribution in [3.63, 3.8) is 0 Å². The molecule has 1 rings (SSSR count). The first-order valence-electron chi connectivity index (χ1n) is 7.41. The minimum atomic E-state index is 0. The van der Waals surface area contributed by atoms with Crippen molar-refractivity contribution < 1.29 is 4.74 Å². The number of ether oxygens (including phenoxy) is 1. The van der Waals surface area contributed by atoms with Gasteiger partial charge in [-0.3, -0.25) is 4.99 Å². The van der Waals surface area contributed by atoms with Gasteiger partial charge < -0.3 is 15.0 Å². The third-order valence-corrected chi connectivity index (χ3v) is 3.33. The Hall–Kier alpha value is -0.980. The summed E-state index contributed by atoms with van der Waals surface area (Å²) >= 11 is 0. The van der Waals surface area contributed by atoms with E-state index in [-0.39, 0.29) is 24.0 Å². The second-order valence-corrected chi connectivity index (χ2v) is 6.45. The first-order valence-corrected chi connectivity index (χ1v) is 7.41. The molecule has 0 aliphatic rings. The fourth-order valence-corrected chi connectivity index (χ4v) is 2.10. The van der Waals surface area contributed by atoms with Crippen LogP contribution in [-0.2, 0) is 6.54 Å². The molecule has 126 valence electrons. The lowest BCUT2D eigenvalue weighted by molar-refractivity contribution is 0.370. The van der Waals surface area contributed by atoms with Gasteiger partial charge in [0.05, 0.1) is 7.11 Å². The molecule has 0 amide bonds. The van der Waals surface area contributed by atoms with E-state index in [1.54, 1.807) is 7.11 Å². The normalized spacial score (nSPS) is 11.6. The molecule has 0 spiro atoms. The van der Waals surface area contributed by atoms with Crippen LogP contribution in [0.5, 0.6) is 5.75 Å². The average Bonchev–Trinajstić information content (AvgIpc) is 2.43. The van der Waals surface area contributed by atoms with Crippen LogP contribution in [0.25, 0.3) is 0 Å². The average molecular weight is 419 g/mol. The van der Waals surface area contributed by atoms with Crippen molar-refractivity contribution in [2.45, 2.75) is 33.7 Å². The highest BCUT2D eigenvalue weighted by atomic mass is 127. The van der Waals surface area contributed by atoms with E-state index in [1.165, 1.54) is 0 Å². The van der Waals surface area contributed by atoms with Crippen LogP contribution < -0.4 is 10.1 Å². The largest absolute Gasteiger partial charge is 0.496 e. The molecule has 0 bridgehead atoms. The van der Waals surface area contributed by atoms with Crippen LogP contribution in [-0.4, -0.2) is 38.6 Å². The van der Waals surface area contributed by atoms with Gasteiger partial charge in [-0.25, -0.2) is 0 Å². The molecule has 0 atom stereocenters. The number of para-hydroxylation sites is 1. The predicted octanol–water partition coefficient (Wildman–Crippen LogP) is 3.76. The maximum atomic E-state index is 5.40. The van der Waals surface area contributed by atoms with Gasteiger partial charge in [-0.1, -0.05) is 39.0 Å². The molecule has 0 fully saturated rings. The van der Waals surface area contributed by atoms with Crippen molar-refractivity contribution in [3.05, 3.63) is 29.8 Å². The van der Waals surface area contributed by atoms with Gasteiger partial charge in [0.2, 0.25) is 0 Å². The molecule has 1 aromatic rings. The summed E-state index contributed by atoms with van der Waals surface area (Å²) in [4.78, 5) is 6.46. The molecule has 0 aromatic heterocycles. The molecule has 0 saturated carbocycles. The smallest absolute Gasteiger partial charge is 0.193 e. The van der Waals surface area contributed by atoms with E-state index in [2.05, 4.69) is 42.0 Å². The van der Waals surface area contributed by atoms with E-state index >= 15 is 0 Å². The van der Waals surface area contributed by atoms with Crippen molar-refractivity contribution in [1.82, 2.24) is 10.2 Å². The molecule has 0 unspecified atom stereocenters. The maximum Gasteiger partial charge on any atom is 0.193 e. The standard InChI is InChI=1S/C17H29N3O.HI/c1-17(2,3)11-12-19-16(18-4)20(5)13-14-9-7-8-10-15(14)21-6;/h7-10H,11-13H2,1-6H3,(H,18,19);1H. The summed E-state index contributed by atoms with van der Waals surface area (Å²) < 4.78 is 5.40. The Balaban J connectivity index is 0.00000441. The van der Waals surface area contributed by atoms with Crippen LogP contribution in [0.2, 0.25) is 0 Å². The van der Waals surface area contributed by atoms with Crippen LogP contribution in [0, 0.1) is 5.41 Å². The Labute approximate surface area is 152 Å². The molecule has 0 radical (unpaired) electrons. The molecule has 0 heterocycles. The van der Waals surface area contributed by atoms with Gasteiger partial charge in [0.1, 0.15) is 5.75 Å². The van der Waals surface area contributed by atoms with Gasteiger partial charge in [0.25, 0.3) is 0 Å². The molecule has 5 heteroatoms. The fourth-order valence-electron chi connectivity index (χ4n) is 2.10. The lowest BCUT2D eigenvalue weighted by atomic mass is 9.92. The Morgan fingerprint density at radius 3 is 2.45 bits per heavy atom. The molecule has 0 saturated heterocycles. The summed E-state index contributed by atoms with van der Waals surface area (Å²) in [5.74, 6) is 1.82. The lowest BCUT2D eigenvalue weighted by Crippen LogP contribution is -2.39. The highest BCUT2D eigenvalue weighted by Crippen LogP contribution is 2.19. The zero-order valence-electron chi connectivity index (χ0n) is 14.6. The van der Waals surface area contributed by atoms with Crippen LogP contribution in [0.3, 0.4) is 0 Å². The fraction of sp³-hybridized carbons (Fsp3) is 0.588. The summed E-state index contributed by atoms with van der Waals surface area (Å²) in [6.07, 6.45) is 1.11. The second kappa shape index (κ2) is 9.92. The van der Waals surface area contributed by atoms with Gasteiger partial charge in [-0.2, -0.15) is 0 Å². The van der Waals surface area contributed by atoms with Gasteiger partial charge in [-0.15, -0.1) is 24.0 Å². The summed E-state index contributed by atoms with van der Waals surface area (Å²) in [5, 5.41) is 3.42. The zero-order valence-corrected chi connectivity index (χ0v) is 17.0. The lowest BCUT2D eigenvalue weighted by Gasteiger charge is -2.25. The zero-order chi connectivity index (χ0) is 15.9. The molecule has 1 aromatic carbocycles. The third-order valence-electron chi connectivity index (χ3n) is 3.33. The second-order valence-electron chi connectivity index (χ2n) is 6.45. The quantitative estimate of drug-likeness (QED) is 0.449. The minimum Gasteiger partial charge on any atom is -0.496 e. The maximum absolute atomic E-state index is 5.40. The summed E-state index contributed by atoms with van der Waals surface area (Å²) in [6.45, 7) is 8.42. The van der Waals surface area contributed by atoms with Gasteiger partial charge in [0, 0.05) is 32.7 Å². The molecule has 0 aliphatic carbocycles. The van der Waals surface area contributed by atoms with E-state index in [0.29, 0.717) is 5.41 Å². The number of methoxy groups -OCH3 is 1. The Kier molecular flexibility index (Phi) is 9.48. The molecule has 0 aliphatic heterocycles. The van der Waals surface area contributed by atoms with E-state index < -0.39 is 0 Å². The van der Waals surface area contributed by atoms with E-state index in [1.807, 2.05) is 32.3 Å². The number of benzene rings is 1. The van der Waals surface area contributed by atoms with Crippen molar-refractivity contribution in [2.75, 3.05) is 27.7 Å². The van der Waals surface area contributed by atoms with Gasteiger partial charge >= 0.3 is 0 Å². The van der Waals surface area contributed by atoms with Crippen molar-refractivity contribution in [3.8, 4) is 5.75 Å². The highest BCUT2D eigenvalue weighted by molar-refractivity contribution is 14.0. The van der Waals surface area contributed by atoms with Crippen molar-refractivity contribution >= 4 is 29.9 Å². The Morgan fingerprint density at radius 1 is 1.27 bits per heavy atom. The SMILES string of the molecule is CN=C(NCCC(C)(C)C)N(C)Cc1ccccc1OC.I. The third kappa shape index (κ3) is 7.33.